The highest BCUT2D eigenvalue weighted by molar-refractivity contribution is 5.72. The van der Waals surface area contributed by atoms with Gasteiger partial charge in [0.1, 0.15) is 5.75 Å². The summed E-state index contributed by atoms with van der Waals surface area (Å²) in [5, 5.41) is 0. The lowest BCUT2D eigenvalue weighted by molar-refractivity contribution is -0.137. The zero-order valence-corrected chi connectivity index (χ0v) is 50.0. The Bertz CT molecular complexity index is 4440. The molecule has 0 radical (unpaired) electrons. The van der Waals surface area contributed by atoms with Crippen molar-refractivity contribution in [2.45, 2.75) is 115 Å². The first-order valence-corrected chi connectivity index (χ1v) is 30.1. The fraction of sp³-hybridized carbons (Fsp3) is 0.260. The molecular formula is C73H71F3N6O7. The molecule has 0 spiro atoms. The van der Waals surface area contributed by atoms with Gasteiger partial charge in [0.05, 0.1) is 12.7 Å². The van der Waals surface area contributed by atoms with Crippen molar-refractivity contribution in [2.75, 3.05) is 7.11 Å². The molecule has 3 aromatic heterocycles. The van der Waals surface area contributed by atoms with E-state index in [1.807, 2.05) is 109 Å². The minimum absolute atomic E-state index is 0.113. The number of alkyl halides is 3. The number of aromatic nitrogens is 6. The van der Waals surface area contributed by atoms with Gasteiger partial charge in [-0.2, -0.15) is 13.2 Å². The predicted molar refractivity (Wildman–Crippen MR) is 345 cm³/mol. The van der Waals surface area contributed by atoms with Gasteiger partial charge in [-0.15, -0.1) is 0 Å². The summed E-state index contributed by atoms with van der Waals surface area (Å²) < 4.78 is 46.2. The summed E-state index contributed by atoms with van der Waals surface area (Å²) in [5.41, 5.74) is 11.5. The molecule has 0 aliphatic heterocycles. The third-order valence-corrected chi connectivity index (χ3v) is 17.0. The molecule has 0 saturated heterocycles. The predicted octanol–water partition coefficient (Wildman–Crippen LogP) is 13.7. The fourth-order valence-corrected chi connectivity index (χ4v) is 12.5. The van der Waals surface area contributed by atoms with E-state index in [9.17, 15) is 41.9 Å². The molecule has 3 aliphatic carbocycles. The lowest BCUT2D eigenvalue weighted by Crippen LogP contribution is -2.30. The lowest BCUT2D eigenvalue weighted by Gasteiger charge is -2.25. The Morgan fingerprint density at radius 1 is 0.427 bits per heavy atom. The van der Waals surface area contributed by atoms with Gasteiger partial charge in [0.2, 0.25) is 0 Å². The molecule has 16 heteroatoms. The van der Waals surface area contributed by atoms with Crippen LogP contribution < -0.4 is 38.5 Å². The van der Waals surface area contributed by atoms with Crippen LogP contribution in [0.4, 0.5) is 13.2 Å². The van der Waals surface area contributed by atoms with Crippen LogP contribution in [-0.4, -0.2) is 37.0 Å². The topological polar surface area (TPSA) is 206 Å². The Balaban J connectivity index is 0.000000147. The molecule has 6 N–H and O–H groups in total. The van der Waals surface area contributed by atoms with Crippen molar-refractivity contribution in [1.82, 2.24) is 29.9 Å². The van der Waals surface area contributed by atoms with Crippen molar-refractivity contribution >= 4 is 16.7 Å². The van der Waals surface area contributed by atoms with Crippen LogP contribution >= 0.6 is 0 Å². The summed E-state index contributed by atoms with van der Waals surface area (Å²) in [4.78, 5) is 89.3. The zero-order valence-electron chi connectivity index (χ0n) is 50.0. The number of nitrogens with one attached hydrogen (secondary N) is 6. The maximum Gasteiger partial charge on any atom is 0.417 e. The van der Waals surface area contributed by atoms with Gasteiger partial charge in [0.15, 0.2) is 0 Å². The zero-order chi connectivity index (χ0) is 62.6. The number of H-pyrrole nitrogens is 6. The molecule has 3 atom stereocenters. The number of allylic oxidation sites excluding steroid dienone is 6. The van der Waals surface area contributed by atoms with Gasteiger partial charge < -0.3 is 19.7 Å². The van der Waals surface area contributed by atoms with Crippen LogP contribution in [-0.2, 0) is 25.4 Å². The van der Waals surface area contributed by atoms with Crippen molar-refractivity contribution < 1.29 is 17.9 Å². The Labute approximate surface area is 512 Å². The molecule has 0 fully saturated rings. The second-order valence-corrected chi connectivity index (χ2v) is 23.1. The fourth-order valence-electron chi connectivity index (χ4n) is 12.5. The first-order chi connectivity index (χ1) is 43.0. The number of methoxy groups -OCH3 is 1. The van der Waals surface area contributed by atoms with E-state index in [0.717, 1.165) is 77.9 Å². The molecule has 89 heavy (non-hydrogen) atoms. The summed E-state index contributed by atoms with van der Waals surface area (Å²) >= 11 is 0. The quantitative estimate of drug-likeness (QED) is 0.0658. The molecule has 3 aliphatic rings. The molecule has 0 saturated carbocycles. The third kappa shape index (κ3) is 15.7. The molecular weight excluding hydrogens is 1130 g/mol. The molecule has 9 aromatic rings. The monoisotopic (exact) mass is 1200 g/mol. The summed E-state index contributed by atoms with van der Waals surface area (Å²) in [6.07, 6.45) is 9.83. The summed E-state index contributed by atoms with van der Waals surface area (Å²) in [6, 6.07) is 50.2. The van der Waals surface area contributed by atoms with Crippen molar-refractivity contribution in [2.24, 2.45) is 0 Å². The Hall–Kier alpha value is -9.83. The van der Waals surface area contributed by atoms with E-state index in [1.165, 1.54) is 34.4 Å². The third-order valence-electron chi connectivity index (χ3n) is 17.0. The largest absolute Gasteiger partial charge is 0.496 e. The Morgan fingerprint density at radius 2 is 0.820 bits per heavy atom. The van der Waals surface area contributed by atoms with Crippen LogP contribution in [0.3, 0.4) is 0 Å². The number of halogens is 3. The van der Waals surface area contributed by atoms with E-state index in [4.69, 9.17) is 4.74 Å². The molecule has 3 heterocycles. The highest BCUT2D eigenvalue weighted by Crippen LogP contribution is 2.43. The van der Waals surface area contributed by atoms with Gasteiger partial charge in [-0.1, -0.05) is 175 Å². The van der Waals surface area contributed by atoms with Gasteiger partial charge in [0.25, 0.3) is 16.7 Å². The smallest absolute Gasteiger partial charge is 0.417 e. The second-order valence-electron chi connectivity index (χ2n) is 23.1. The maximum atomic E-state index is 13.6. The Kier molecular flexibility index (Phi) is 19.8. The SMILES string of the molecule is COc1ccccc1C1=CCC(c2[nH]c(=O)[nH]c(=O)c2Cc2ccccc2)CC1.Cc1ccc(C2=CCC(c3[nH]c(=O)[nH]c(=O)c3Cc3ccccc3)CC2)c(C(F)(F)F)c1.Cc1cccc(C2=CCC(c3[nH]c(=O)[nH]c(=O)c3Cc3ccccc3)CC2)c1. The van der Waals surface area contributed by atoms with Crippen molar-refractivity contribution in [3.63, 3.8) is 0 Å². The average molecular weight is 1200 g/mol. The standard InChI is InChI=1S/C25H23F3N2O2.C24H24N2O3.C24H24N2O2/c1-15-7-12-19(21(13-15)25(26,27)28)17-8-10-18(11-9-17)22-20(23(31)30-24(32)29-22)14-16-5-3-2-4-6-16;1-29-21-10-6-5-9-19(21)17-11-13-18(14-12-17)22-20(23(27)26-24(28)25-22)15-16-7-3-2-4-8-16;1-16-6-5-9-20(14-16)18-10-12-19(13-11-18)22-21(23(27)26-24(28)25-22)15-17-7-3-2-4-8-17/h2-8,12-13,18H,9-11,14H2,1H3,(H2,29,30,31,32);2-11,18H,12-15H2,1H3,(H2,25,26,27,28);2-10,14,19H,11-13,15H2,1H3,(H2,25,26,27,28). The van der Waals surface area contributed by atoms with E-state index >= 15 is 0 Å². The van der Waals surface area contributed by atoms with Crippen LogP contribution in [0.5, 0.6) is 5.75 Å². The van der Waals surface area contributed by atoms with E-state index in [0.29, 0.717) is 72.0 Å². The van der Waals surface area contributed by atoms with Crippen molar-refractivity contribution in [3.8, 4) is 5.75 Å². The van der Waals surface area contributed by atoms with Crippen LogP contribution in [0.15, 0.2) is 205 Å². The van der Waals surface area contributed by atoms with E-state index in [1.54, 1.807) is 26.2 Å². The van der Waals surface area contributed by atoms with Crippen molar-refractivity contribution in [1.29, 1.82) is 0 Å². The van der Waals surface area contributed by atoms with Crippen LogP contribution in [0.1, 0.15) is 159 Å². The first-order valence-electron chi connectivity index (χ1n) is 30.1. The minimum Gasteiger partial charge on any atom is -0.496 e. The van der Waals surface area contributed by atoms with Crippen LogP contribution in [0.25, 0.3) is 16.7 Å². The number of benzene rings is 6. The summed E-state index contributed by atoms with van der Waals surface area (Å²) in [7, 11) is 1.68. The molecule has 3 unspecified atom stereocenters. The molecule has 12 rings (SSSR count). The highest BCUT2D eigenvalue weighted by Gasteiger charge is 2.35. The summed E-state index contributed by atoms with van der Waals surface area (Å²) in [6.45, 7) is 3.74. The summed E-state index contributed by atoms with van der Waals surface area (Å²) in [5.74, 6) is 0.989. The number of ether oxygens (including phenoxy) is 1. The van der Waals surface area contributed by atoms with Crippen molar-refractivity contribution in [3.05, 3.63) is 322 Å². The molecule has 456 valence electrons. The maximum absolute atomic E-state index is 13.6. The molecule has 0 amide bonds. The lowest BCUT2D eigenvalue weighted by atomic mass is 9.81. The number of hydrogen-bond donors (Lipinski definition) is 6. The van der Waals surface area contributed by atoms with Gasteiger partial charge >= 0.3 is 23.2 Å². The van der Waals surface area contributed by atoms with Gasteiger partial charge in [-0.25, -0.2) is 14.4 Å². The number of hydrogen-bond acceptors (Lipinski definition) is 7. The minimum atomic E-state index is -4.43. The van der Waals surface area contributed by atoms with E-state index in [-0.39, 0.29) is 34.4 Å². The van der Waals surface area contributed by atoms with Crippen LogP contribution in [0, 0.1) is 13.8 Å². The van der Waals surface area contributed by atoms with Crippen LogP contribution in [0.2, 0.25) is 0 Å². The Morgan fingerprint density at radius 3 is 1.21 bits per heavy atom. The van der Waals surface area contributed by atoms with E-state index in [2.05, 4.69) is 79.3 Å². The first kappa shape index (κ1) is 62.2. The molecule has 6 aromatic carbocycles. The number of para-hydroxylation sites is 1. The highest BCUT2D eigenvalue weighted by atomic mass is 19.4. The number of aromatic amines is 6. The number of aryl methyl sites for hydroxylation is 2. The molecule has 0 bridgehead atoms. The molecule has 13 nitrogen and oxygen atoms in total. The van der Waals surface area contributed by atoms with Gasteiger partial charge in [0, 0.05) is 76.4 Å². The number of rotatable bonds is 13. The van der Waals surface area contributed by atoms with E-state index < -0.39 is 34.4 Å². The van der Waals surface area contributed by atoms with Gasteiger partial charge in [-0.05, 0) is 128 Å². The average Bonchev–Trinajstić information content (AvgIpc) is 1.83. The second kappa shape index (κ2) is 28.3. The normalized spacial score (nSPS) is 16.5. The van der Waals surface area contributed by atoms with Gasteiger partial charge in [-0.3, -0.25) is 29.3 Å².